The minimum absolute atomic E-state index is 0.140. The number of hydrogen-bond acceptors (Lipinski definition) is 3. The maximum Gasteiger partial charge on any atom is 0.261 e. The Labute approximate surface area is 204 Å². The van der Waals surface area contributed by atoms with E-state index in [1.807, 2.05) is 55.5 Å². The quantitative estimate of drug-likeness (QED) is 0.432. The van der Waals surface area contributed by atoms with E-state index in [0.29, 0.717) is 34.3 Å². The second-order valence-electron chi connectivity index (χ2n) is 7.46. The zero-order valence-corrected chi connectivity index (χ0v) is 19.9. The lowest BCUT2D eigenvalue weighted by molar-refractivity contribution is -0.142. The summed E-state index contributed by atoms with van der Waals surface area (Å²) in [6.07, 6.45) is 0.356. The van der Waals surface area contributed by atoms with E-state index in [-0.39, 0.29) is 25.0 Å². The fraction of sp³-hybridized carbons (Fsp3) is 0.231. The molecule has 0 saturated carbocycles. The SMILES string of the molecule is CCNC(=O)C(Cc1ccccc1)N(Cc1ccc(Cl)cc1Cl)C(=O)COc1ccccc1. The van der Waals surface area contributed by atoms with Gasteiger partial charge in [-0.2, -0.15) is 0 Å². The average molecular weight is 485 g/mol. The van der Waals surface area contributed by atoms with Crippen molar-refractivity contribution in [2.75, 3.05) is 13.2 Å². The Hall–Kier alpha value is -3.02. The van der Waals surface area contributed by atoms with Crippen LogP contribution in [0.4, 0.5) is 0 Å². The van der Waals surface area contributed by atoms with Gasteiger partial charge in [-0.05, 0) is 42.3 Å². The Morgan fingerprint density at radius 3 is 2.27 bits per heavy atom. The lowest BCUT2D eigenvalue weighted by Gasteiger charge is -2.31. The molecule has 0 heterocycles. The van der Waals surface area contributed by atoms with Gasteiger partial charge >= 0.3 is 0 Å². The van der Waals surface area contributed by atoms with Gasteiger partial charge in [0, 0.05) is 29.6 Å². The lowest BCUT2D eigenvalue weighted by Crippen LogP contribution is -2.51. The van der Waals surface area contributed by atoms with Gasteiger partial charge in [-0.3, -0.25) is 9.59 Å². The van der Waals surface area contributed by atoms with Gasteiger partial charge < -0.3 is 15.0 Å². The third-order valence-corrected chi connectivity index (χ3v) is 5.67. The summed E-state index contributed by atoms with van der Waals surface area (Å²) in [5.41, 5.74) is 1.63. The summed E-state index contributed by atoms with van der Waals surface area (Å²) in [5.74, 6) is 0.0181. The highest BCUT2D eigenvalue weighted by molar-refractivity contribution is 6.35. The van der Waals surface area contributed by atoms with Gasteiger partial charge in [-0.1, -0.05) is 77.8 Å². The van der Waals surface area contributed by atoms with Crippen molar-refractivity contribution in [2.45, 2.75) is 25.9 Å². The number of carbonyl (C=O) groups excluding carboxylic acids is 2. The molecule has 0 bridgehead atoms. The van der Waals surface area contributed by atoms with Gasteiger partial charge in [-0.15, -0.1) is 0 Å². The van der Waals surface area contributed by atoms with Crippen molar-refractivity contribution in [3.8, 4) is 5.75 Å². The second kappa shape index (κ2) is 12.3. The van der Waals surface area contributed by atoms with E-state index in [1.165, 1.54) is 4.90 Å². The van der Waals surface area contributed by atoms with Gasteiger partial charge in [0.25, 0.3) is 5.91 Å². The number of benzene rings is 3. The van der Waals surface area contributed by atoms with Gasteiger partial charge in [0.1, 0.15) is 11.8 Å². The van der Waals surface area contributed by atoms with Crippen LogP contribution in [0.25, 0.3) is 0 Å². The molecule has 3 aromatic carbocycles. The maximum absolute atomic E-state index is 13.4. The van der Waals surface area contributed by atoms with Crippen LogP contribution < -0.4 is 10.1 Å². The van der Waals surface area contributed by atoms with Crippen LogP contribution >= 0.6 is 23.2 Å². The standard InChI is InChI=1S/C26H26Cl2N2O3/c1-2-29-26(32)24(15-19-9-5-3-6-10-19)30(17-20-13-14-21(27)16-23(20)28)25(31)18-33-22-11-7-4-8-12-22/h3-14,16,24H,2,15,17-18H2,1H3,(H,29,32). The molecular weight excluding hydrogens is 459 g/mol. The number of hydrogen-bond donors (Lipinski definition) is 1. The Bertz CT molecular complexity index is 1060. The zero-order chi connectivity index (χ0) is 23.6. The number of nitrogens with one attached hydrogen (secondary N) is 1. The molecule has 1 N–H and O–H groups in total. The summed E-state index contributed by atoms with van der Waals surface area (Å²) >= 11 is 12.4. The number of halogens is 2. The summed E-state index contributed by atoms with van der Waals surface area (Å²) in [7, 11) is 0. The van der Waals surface area contributed by atoms with Crippen LogP contribution in [-0.4, -0.2) is 35.9 Å². The molecule has 0 aliphatic heterocycles. The van der Waals surface area contributed by atoms with E-state index >= 15 is 0 Å². The molecule has 0 aliphatic carbocycles. The number of ether oxygens (including phenoxy) is 1. The van der Waals surface area contributed by atoms with Gasteiger partial charge in [-0.25, -0.2) is 0 Å². The molecule has 5 nitrogen and oxygen atoms in total. The van der Waals surface area contributed by atoms with Crippen molar-refractivity contribution < 1.29 is 14.3 Å². The number of amides is 2. The number of nitrogens with zero attached hydrogens (tertiary/aromatic N) is 1. The van der Waals surface area contributed by atoms with Crippen molar-refractivity contribution in [3.05, 3.63) is 100 Å². The molecule has 7 heteroatoms. The monoisotopic (exact) mass is 484 g/mol. The first-order chi connectivity index (χ1) is 16.0. The molecule has 0 saturated heterocycles. The van der Waals surface area contributed by atoms with Crippen molar-refractivity contribution in [1.29, 1.82) is 0 Å². The number of likely N-dealkylation sites (N-methyl/N-ethyl adjacent to an activating group) is 1. The van der Waals surface area contributed by atoms with Crippen LogP contribution in [0.5, 0.6) is 5.75 Å². The highest BCUT2D eigenvalue weighted by Crippen LogP contribution is 2.24. The molecule has 1 atom stereocenters. The molecule has 2 amide bonds. The highest BCUT2D eigenvalue weighted by Gasteiger charge is 2.30. The lowest BCUT2D eigenvalue weighted by atomic mass is 10.0. The summed E-state index contributed by atoms with van der Waals surface area (Å²) in [4.78, 5) is 28.0. The highest BCUT2D eigenvalue weighted by atomic mass is 35.5. The first kappa shape index (κ1) is 24.6. The predicted molar refractivity (Wildman–Crippen MR) is 132 cm³/mol. The zero-order valence-electron chi connectivity index (χ0n) is 18.3. The minimum Gasteiger partial charge on any atom is -0.484 e. The van der Waals surface area contributed by atoms with Crippen LogP contribution in [0.2, 0.25) is 10.0 Å². The van der Waals surface area contributed by atoms with Crippen molar-refractivity contribution in [1.82, 2.24) is 10.2 Å². The van der Waals surface area contributed by atoms with Crippen LogP contribution in [0.15, 0.2) is 78.9 Å². The van der Waals surface area contributed by atoms with E-state index < -0.39 is 6.04 Å². The van der Waals surface area contributed by atoms with E-state index in [4.69, 9.17) is 27.9 Å². The fourth-order valence-electron chi connectivity index (χ4n) is 3.42. The Morgan fingerprint density at radius 1 is 0.970 bits per heavy atom. The van der Waals surface area contributed by atoms with Gasteiger partial charge in [0.2, 0.25) is 5.91 Å². The summed E-state index contributed by atoms with van der Waals surface area (Å²) in [6.45, 7) is 2.23. The number of rotatable bonds is 10. The van der Waals surface area contributed by atoms with E-state index in [1.54, 1.807) is 30.3 Å². The van der Waals surface area contributed by atoms with Crippen LogP contribution in [-0.2, 0) is 22.6 Å². The van der Waals surface area contributed by atoms with Gasteiger partial charge in [0.05, 0.1) is 0 Å². The van der Waals surface area contributed by atoms with E-state index in [2.05, 4.69) is 5.32 Å². The third-order valence-electron chi connectivity index (χ3n) is 5.08. The van der Waals surface area contributed by atoms with Crippen molar-refractivity contribution >= 4 is 35.0 Å². The minimum atomic E-state index is -0.744. The summed E-state index contributed by atoms with van der Waals surface area (Å²) < 4.78 is 5.70. The van der Waals surface area contributed by atoms with E-state index in [0.717, 1.165) is 5.56 Å². The molecule has 3 rings (SSSR count). The molecule has 33 heavy (non-hydrogen) atoms. The first-order valence-electron chi connectivity index (χ1n) is 10.7. The Balaban J connectivity index is 1.91. The largest absolute Gasteiger partial charge is 0.484 e. The third kappa shape index (κ3) is 7.24. The van der Waals surface area contributed by atoms with Gasteiger partial charge in [0.15, 0.2) is 6.61 Å². The Kier molecular flexibility index (Phi) is 9.16. The molecule has 172 valence electrons. The van der Waals surface area contributed by atoms with Crippen LogP contribution in [0.3, 0.4) is 0 Å². The maximum atomic E-state index is 13.4. The normalized spacial score (nSPS) is 11.5. The number of carbonyl (C=O) groups is 2. The Morgan fingerprint density at radius 2 is 1.64 bits per heavy atom. The van der Waals surface area contributed by atoms with Crippen LogP contribution in [0.1, 0.15) is 18.1 Å². The topological polar surface area (TPSA) is 58.6 Å². The predicted octanol–water partition coefficient (Wildman–Crippen LogP) is 5.15. The van der Waals surface area contributed by atoms with E-state index in [9.17, 15) is 9.59 Å². The second-order valence-corrected chi connectivity index (χ2v) is 8.30. The number of para-hydroxylation sites is 1. The molecule has 0 fully saturated rings. The molecule has 0 aromatic heterocycles. The first-order valence-corrected chi connectivity index (χ1v) is 11.5. The van der Waals surface area contributed by atoms with Crippen molar-refractivity contribution in [2.24, 2.45) is 0 Å². The van der Waals surface area contributed by atoms with Crippen LogP contribution in [0, 0.1) is 0 Å². The molecule has 0 radical (unpaired) electrons. The van der Waals surface area contributed by atoms with Crippen molar-refractivity contribution in [3.63, 3.8) is 0 Å². The fourth-order valence-corrected chi connectivity index (χ4v) is 3.89. The molecule has 0 spiro atoms. The molecule has 1 unspecified atom stereocenters. The summed E-state index contributed by atoms with van der Waals surface area (Å²) in [5, 5.41) is 3.78. The molecule has 0 aliphatic rings. The smallest absolute Gasteiger partial charge is 0.261 e. The molecule has 3 aromatic rings. The molecular formula is C26H26Cl2N2O3. The average Bonchev–Trinajstić information content (AvgIpc) is 2.82. The summed E-state index contributed by atoms with van der Waals surface area (Å²) in [6, 6.07) is 23.0.